The van der Waals surface area contributed by atoms with Crippen LogP contribution in [0.1, 0.15) is 2.85 Å². The molecule has 2 aromatic rings. The molecule has 0 spiro atoms. The molecule has 0 radical (unpaired) electrons. The van der Waals surface area contributed by atoms with Crippen LogP contribution in [0.3, 0.4) is 0 Å². The molecule has 1 nitrogen and oxygen atoms in total. The molecule has 0 aliphatic rings. The molecule has 0 saturated heterocycles. The maximum atomic E-state index is 2.08. The quantitative estimate of drug-likeness (QED) is 0.578. The van der Waals surface area contributed by atoms with E-state index in [1.807, 2.05) is 42.7 Å². The van der Waals surface area contributed by atoms with Crippen molar-refractivity contribution >= 4 is 23.1 Å². The van der Waals surface area contributed by atoms with Gasteiger partial charge >= 0.3 is 23.1 Å². The molecule has 0 saturated carbocycles. The molecule has 2 rings (SSSR count). The van der Waals surface area contributed by atoms with Gasteiger partial charge in [-0.25, -0.2) is 0 Å². The molecule has 0 unspecified atom stereocenters. The van der Waals surface area contributed by atoms with Crippen LogP contribution in [0.15, 0.2) is 54.9 Å². The fraction of sp³-hybridized carbons (Fsp3) is 0. The van der Waals surface area contributed by atoms with Crippen molar-refractivity contribution in [2.45, 2.75) is 0 Å². The van der Waals surface area contributed by atoms with Gasteiger partial charge in [-0.05, 0) is 24.3 Å². The second-order valence-corrected chi connectivity index (χ2v) is 2.43. The van der Waals surface area contributed by atoms with Crippen molar-refractivity contribution in [2.24, 2.45) is 0 Å². The van der Waals surface area contributed by atoms with E-state index in [4.69, 9.17) is 0 Å². The van der Waals surface area contributed by atoms with Crippen LogP contribution in [0.25, 0.3) is 5.69 Å². The van der Waals surface area contributed by atoms with Crippen molar-refractivity contribution in [1.82, 2.24) is 4.57 Å². The first kappa shape index (κ1) is 9.35. The van der Waals surface area contributed by atoms with E-state index < -0.39 is 0 Å². The molecular formula is C10H11MgN. The summed E-state index contributed by atoms with van der Waals surface area (Å²) in [6.45, 7) is 0. The van der Waals surface area contributed by atoms with Crippen LogP contribution < -0.4 is 0 Å². The summed E-state index contributed by atoms with van der Waals surface area (Å²) in [5.74, 6) is 0. The topological polar surface area (TPSA) is 4.93 Å². The molecule has 0 aliphatic heterocycles. The summed E-state index contributed by atoms with van der Waals surface area (Å²) in [5.41, 5.74) is 1.21. The van der Waals surface area contributed by atoms with Crippen LogP contribution in [-0.4, -0.2) is 27.6 Å². The fourth-order valence-corrected chi connectivity index (χ4v) is 1.11. The van der Waals surface area contributed by atoms with E-state index in [0.717, 1.165) is 0 Å². The zero-order valence-electron chi connectivity index (χ0n) is 8.85. The molecule has 0 fully saturated rings. The Bertz CT molecular complexity index is 321. The van der Waals surface area contributed by atoms with Gasteiger partial charge in [0, 0.05) is 18.1 Å². The van der Waals surface area contributed by atoms with E-state index in [9.17, 15) is 0 Å². The number of hydrogen-bond donors (Lipinski definition) is 0. The van der Waals surface area contributed by atoms with E-state index in [-0.39, 0.29) is 25.9 Å². The molecule has 2 heteroatoms. The molecule has 0 N–H and O–H groups in total. The smallest absolute Gasteiger partial charge is 1.00 e. The third-order valence-corrected chi connectivity index (χ3v) is 1.66. The second-order valence-electron chi connectivity index (χ2n) is 2.43. The summed E-state index contributed by atoms with van der Waals surface area (Å²) in [6.07, 6.45) is 4.07. The normalized spacial score (nSPS) is 9.00. The average molecular weight is 170 g/mol. The summed E-state index contributed by atoms with van der Waals surface area (Å²) in [5, 5.41) is 0. The van der Waals surface area contributed by atoms with E-state index in [0.29, 0.717) is 0 Å². The Morgan fingerprint density at radius 2 is 1.42 bits per heavy atom. The predicted octanol–water partition coefficient (Wildman–Crippen LogP) is 2.32. The minimum Gasteiger partial charge on any atom is -1.00 e. The molecule has 1 aromatic carbocycles. The van der Waals surface area contributed by atoms with Gasteiger partial charge < -0.3 is 7.42 Å². The van der Waals surface area contributed by atoms with E-state index in [1.165, 1.54) is 5.69 Å². The van der Waals surface area contributed by atoms with Gasteiger partial charge in [-0.1, -0.05) is 18.2 Å². The Hall–Kier alpha value is -0.734. The van der Waals surface area contributed by atoms with Crippen LogP contribution >= 0.6 is 0 Å². The van der Waals surface area contributed by atoms with Crippen LogP contribution in [0.2, 0.25) is 0 Å². The predicted molar refractivity (Wildman–Crippen MR) is 53.7 cm³/mol. The summed E-state index contributed by atoms with van der Waals surface area (Å²) in [4.78, 5) is 0. The van der Waals surface area contributed by atoms with Crippen LogP contribution in [0.5, 0.6) is 0 Å². The van der Waals surface area contributed by atoms with Gasteiger partial charge in [-0.2, -0.15) is 0 Å². The Morgan fingerprint density at radius 3 is 2.00 bits per heavy atom. The zero-order chi connectivity index (χ0) is 7.52. The van der Waals surface area contributed by atoms with Crippen LogP contribution in [0.4, 0.5) is 0 Å². The summed E-state index contributed by atoms with van der Waals surface area (Å²) in [7, 11) is 0. The summed E-state index contributed by atoms with van der Waals surface area (Å²) >= 11 is 0. The van der Waals surface area contributed by atoms with Crippen molar-refractivity contribution < 1.29 is 2.85 Å². The first-order valence-corrected chi connectivity index (χ1v) is 3.65. The third-order valence-electron chi connectivity index (χ3n) is 1.66. The number of para-hydroxylation sites is 1. The summed E-state index contributed by atoms with van der Waals surface area (Å²) < 4.78 is 2.08. The van der Waals surface area contributed by atoms with Crippen LogP contribution in [0, 0.1) is 0 Å². The Labute approximate surface area is 91.1 Å². The Morgan fingerprint density at radius 1 is 0.833 bits per heavy atom. The van der Waals surface area contributed by atoms with Gasteiger partial charge in [0.05, 0.1) is 0 Å². The molecule has 0 bridgehead atoms. The number of hydrogen-bond acceptors (Lipinski definition) is 0. The molecule has 0 atom stereocenters. The molecule has 12 heavy (non-hydrogen) atoms. The SMILES string of the molecule is [H-].[H-].[Mg+2].c1ccc(-n2cccc2)cc1. The average Bonchev–Trinajstić information content (AvgIpc) is 2.58. The van der Waals surface area contributed by atoms with Gasteiger partial charge in [0.25, 0.3) is 0 Å². The maximum absolute atomic E-state index is 2.08. The van der Waals surface area contributed by atoms with E-state index in [1.54, 1.807) is 0 Å². The van der Waals surface area contributed by atoms with Gasteiger partial charge in [-0.3, -0.25) is 0 Å². The van der Waals surface area contributed by atoms with E-state index >= 15 is 0 Å². The number of benzene rings is 1. The Kier molecular flexibility index (Phi) is 3.38. The Balaban J connectivity index is 0. The van der Waals surface area contributed by atoms with Crippen molar-refractivity contribution in [2.75, 3.05) is 0 Å². The molecule has 0 aliphatic carbocycles. The monoisotopic (exact) mass is 169 g/mol. The third kappa shape index (κ3) is 1.90. The minimum atomic E-state index is 0. The van der Waals surface area contributed by atoms with Gasteiger partial charge in [0.15, 0.2) is 0 Å². The largest absolute Gasteiger partial charge is 2.00 e. The van der Waals surface area contributed by atoms with Crippen molar-refractivity contribution in [3.63, 3.8) is 0 Å². The zero-order valence-corrected chi connectivity index (χ0v) is 8.26. The molecule has 1 heterocycles. The number of aromatic nitrogens is 1. The van der Waals surface area contributed by atoms with Gasteiger partial charge in [0.2, 0.25) is 0 Å². The van der Waals surface area contributed by atoms with Gasteiger partial charge in [-0.15, -0.1) is 0 Å². The number of nitrogens with zero attached hydrogens (tertiary/aromatic N) is 1. The van der Waals surface area contributed by atoms with Crippen molar-refractivity contribution in [1.29, 1.82) is 0 Å². The maximum Gasteiger partial charge on any atom is 2.00 e. The van der Waals surface area contributed by atoms with Crippen LogP contribution in [-0.2, 0) is 0 Å². The molecule has 58 valence electrons. The standard InChI is InChI=1S/C10H9N.Mg.2H/c1-2-6-10(7-3-1)11-8-4-5-9-11;;;/h1-9H;;;/q;+2;2*-1. The second kappa shape index (κ2) is 4.33. The van der Waals surface area contributed by atoms with Gasteiger partial charge in [0.1, 0.15) is 0 Å². The molecule has 1 aromatic heterocycles. The van der Waals surface area contributed by atoms with Crippen molar-refractivity contribution in [3.05, 3.63) is 54.9 Å². The van der Waals surface area contributed by atoms with E-state index in [2.05, 4.69) is 16.7 Å². The first-order valence-electron chi connectivity index (χ1n) is 3.65. The molecule has 0 amide bonds. The number of rotatable bonds is 1. The fourth-order valence-electron chi connectivity index (χ4n) is 1.11. The van der Waals surface area contributed by atoms with Crippen molar-refractivity contribution in [3.8, 4) is 5.69 Å². The minimum absolute atomic E-state index is 0. The molecular weight excluding hydrogens is 158 g/mol. The summed E-state index contributed by atoms with van der Waals surface area (Å²) in [6, 6.07) is 14.3. The first-order chi connectivity index (χ1) is 5.47.